The summed E-state index contributed by atoms with van der Waals surface area (Å²) in [5.41, 5.74) is 2.59. The lowest BCUT2D eigenvalue weighted by Crippen LogP contribution is -2.58. The van der Waals surface area contributed by atoms with Gasteiger partial charge in [0.05, 0.1) is 6.04 Å². The molecular weight excluding hydrogens is 606 g/mol. The Morgan fingerprint density at radius 3 is 2.14 bits per heavy atom. The van der Waals surface area contributed by atoms with Crippen LogP contribution in [-0.4, -0.2) is 64.9 Å². The van der Waals surface area contributed by atoms with Crippen molar-refractivity contribution in [3.63, 3.8) is 0 Å². The highest BCUT2D eigenvalue weighted by atomic mass is 35.5. The number of nitrogens with zero attached hydrogens (tertiary/aromatic N) is 2. The van der Waals surface area contributed by atoms with Crippen LogP contribution in [0.15, 0.2) is 72.8 Å². The third-order valence-electron chi connectivity index (χ3n) is 8.46. The van der Waals surface area contributed by atoms with Gasteiger partial charge in [-0.2, -0.15) is 0 Å². The molecule has 44 heavy (non-hydrogen) atoms. The van der Waals surface area contributed by atoms with E-state index >= 15 is 0 Å². The molecule has 0 aromatic heterocycles. The Kier molecular flexibility index (Phi) is 10.8. The Hall–Kier alpha value is -3.17. The van der Waals surface area contributed by atoms with Crippen LogP contribution in [0.5, 0.6) is 0 Å². The zero-order chi connectivity index (χ0) is 31.2. The molecule has 0 spiro atoms. The highest BCUT2D eigenvalue weighted by Gasteiger charge is 2.47. The maximum Gasteiger partial charge on any atom is 0.506 e. The lowest BCUT2D eigenvalue weighted by Gasteiger charge is -2.49. The summed E-state index contributed by atoms with van der Waals surface area (Å²) in [7, 11) is 0. The molecule has 1 amide bonds. The van der Waals surface area contributed by atoms with Crippen molar-refractivity contribution >= 4 is 35.3 Å². The maximum absolute atomic E-state index is 14.6. The minimum atomic E-state index is -1.25. The lowest BCUT2D eigenvalue weighted by atomic mass is 9.88. The summed E-state index contributed by atoms with van der Waals surface area (Å²) in [6.45, 7) is 4.07. The Morgan fingerprint density at radius 2 is 1.57 bits per heavy atom. The van der Waals surface area contributed by atoms with Crippen LogP contribution >= 0.6 is 23.2 Å². The number of benzene rings is 3. The van der Waals surface area contributed by atoms with Gasteiger partial charge in [0.2, 0.25) is 0 Å². The zero-order valence-electron chi connectivity index (χ0n) is 24.6. The second-order valence-electron chi connectivity index (χ2n) is 11.5. The molecule has 234 valence electrons. The number of amides is 1. The topological polar surface area (TPSA) is 79.3 Å². The van der Waals surface area contributed by atoms with Crippen LogP contribution in [-0.2, 0) is 20.7 Å². The maximum atomic E-state index is 14.6. The number of carbonyl (C=O) groups is 2. The molecule has 3 aromatic carbocycles. The fourth-order valence-electron chi connectivity index (χ4n) is 6.35. The lowest BCUT2D eigenvalue weighted by molar-refractivity contribution is -0.180. The summed E-state index contributed by atoms with van der Waals surface area (Å²) in [6.07, 6.45) is 0.237. The summed E-state index contributed by atoms with van der Waals surface area (Å²) < 4.78 is 25.5. The number of piperidine rings is 1. The number of halogens is 3. The number of rotatable bonds is 10. The Balaban J connectivity index is 1.53. The molecule has 0 unspecified atom stereocenters. The van der Waals surface area contributed by atoms with Crippen molar-refractivity contribution in [1.29, 1.82) is 0 Å². The Labute approximate surface area is 267 Å². The van der Waals surface area contributed by atoms with Crippen molar-refractivity contribution in [1.82, 2.24) is 9.80 Å². The van der Waals surface area contributed by atoms with Crippen LogP contribution < -0.4 is 0 Å². The fraction of sp³-hybridized carbons (Fsp3) is 0.412. The number of hydrogen-bond acceptors (Lipinski definition) is 5. The summed E-state index contributed by atoms with van der Waals surface area (Å²) in [5.74, 6) is -0.462. The van der Waals surface area contributed by atoms with Crippen LogP contribution in [0.3, 0.4) is 0 Å². The van der Waals surface area contributed by atoms with Crippen LogP contribution in [0.4, 0.5) is 9.18 Å². The summed E-state index contributed by atoms with van der Waals surface area (Å²) in [5, 5.41) is 10.2. The minimum Gasteiger partial charge on any atom is -0.450 e. The van der Waals surface area contributed by atoms with Crippen molar-refractivity contribution in [2.45, 2.75) is 69.4 Å². The van der Waals surface area contributed by atoms with E-state index in [0.717, 1.165) is 29.5 Å². The van der Waals surface area contributed by atoms with Crippen molar-refractivity contribution < 1.29 is 28.6 Å². The van der Waals surface area contributed by atoms with E-state index in [1.807, 2.05) is 53.4 Å². The van der Waals surface area contributed by atoms with Crippen molar-refractivity contribution in [3.05, 3.63) is 105 Å². The second kappa shape index (κ2) is 14.7. The second-order valence-corrected chi connectivity index (χ2v) is 12.4. The molecule has 2 aliphatic heterocycles. The quantitative estimate of drug-likeness (QED) is 0.228. The van der Waals surface area contributed by atoms with Crippen LogP contribution in [0, 0.1) is 5.82 Å². The van der Waals surface area contributed by atoms with Crippen LogP contribution in [0.2, 0.25) is 10.0 Å². The third-order valence-corrected chi connectivity index (χ3v) is 8.96. The van der Waals surface area contributed by atoms with Gasteiger partial charge >= 0.3 is 6.16 Å². The number of hydrogen-bond donors (Lipinski definition) is 1. The molecule has 2 fully saturated rings. The summed E-state index contributed by atoms with van der Waals surface area (Å²) >= 11 is 12.6. The van der Waals surface area contributed by atoms with E-state index in [2.05, 4.69) is 11.8 Å². The SMILES string of the molecule is CCC[C@@H](CN1CCC(OC(=O)O)CC1)N1C(=O)[C@@H](Cc2ccc(F)cc2)O[C@H](c2ccc(Cl)cc2)[C@@H]1c1ccc(Cl)cc1. The molecule has 1 N–H and O–H groups in total. The van der Waals surface area contributed by atoms with Gasteiger partial charge in [0, 0.05) is 42.1 Å². The van der Waals surface area contributed by atoms with E-state index in [0.29, 0.717) is 48.9 Å². The summed E-state index contributed by atoms with van der Waals surface area (Å²) in [6, 6.07) is 20.6. The molecule has 7 nitrogen and oxygen atoms in total. The van der Waals surface area contributed by atoms with E-state index in [9.17, 15) is 14.0 Å². The molecule has 0 aliphatic carbocycles. The molecule has 2 aliphatic rings. The van der Waals surface area contributed by atoms with E-state index in [1.54, 1.807) is 12.1 Å². The van der Waals surface area contributed by atoms with E-state index < -0.39 is 24.4 Å². The number of morpholine rings is 1. The first kappa shape index (κ1) is 32.2. The van der Waals surface area contributed by atoms with Gasteiger partial charge in [-0.25, -0.2) is 9.18 Å². The molecule has 10 heteroatoms. The van der Waals surface area contributed by atoms with Gasteiger partial charge < -0.3 is 24.4 Å². The molecule has 0 saturated carbocycles. The molecule has 4 atom stereocenters. The smallest absolute Gasteiger partial charge is 0.450 e. The summed E-state index contributed by atoms with van der Waals surface area (Å²) in [4.78, 5) is 29.9. The molecular formula is C34H37Cl2FN2O5. The van der Waals surface area contributed by atoms with Crippen molar-refractivity contribution in [2.24, 2.45) is 0 Å². The van der Waals surface area contributed by atoms with Gasteiger partial charge in [-0.05, 0) is 72.4 Å². The Bertz CT molecular complexity index is 1400. The molecule has 0 radical (unpaired) electrons. The van der Waals surface area contributed by atoms with E-state index in [4.69, 9.17) is 37.8 Å². The first-order valence-corrected chi connectivity index (χ1v) is 15.8. The number of carbonyl (C=O) groups excluding carboxylic acids is 1. The predicted molar refractivity (Wildman–Crippen MR) is 167 cm³/mol. The largest absolute Gasteiger partial charge is 0.506 e. The molecule has 0 bridgehead atoms. The Morgan fingerprint density at radius 1 is 0.977 bits per heavy atom. The molecule has 2 saturated heterocycles. The first-order valence-electron chi connectivity index (χ1n) is 15.1. The van der Waals surface area contributed by atoms with Gasteiger partial charge in [0.15, 0.2) is 0 Å². The zero-order valence-corrected chi connectivity index (χ0v) is 26.1. The minimum absolute atomic E-state index is 0.123. The van der Waals surface area contributed by atoms with Crippen LogP contribution in [0.1, 0.15) is 61.4 Å². The average molecular weight is 644 g/mol. The number of likely N-dealkylation sites (tertiary alicyclic amines) is 1. The van der Waals surface area contributed by atoms with Gasteiger partial charge in [-0.3, -0.25) is 4.79 Å². The highest BCUT2D eigenvalue weighted by molar-refractivity contribution is 6.30. The van der Waals surface area contributed by atoms with Gasteiger partial charge in [0.1, 0.15) is 24.1 Å². The van der Waals surface area contributed by atoms with E-state index in [1.165, 1.54) is 12.1 Å². The van der Waals surface area contributed by atoms with E-state index in [-0.39, 0.29) is 23.9 Å². The van der Waals surface area contributed by atoms with Crippen molar-refractivity contribution in [2.75, 3.05) is 19.6 Å². The van der Waals surface area contributed by atoms with Crippen LogP contribution in [0.25, 0.3) is 0 Å². The normalized spacial score (nSPS) is 22.1. The average Bonchev–Trinajstić information content (AvgIpc) is 3.00. The van der Waals surface area contributed by atoms with Crippen molar-refractivity contribution in [3.8, 4) is 0 Å². The fourth-order valence-corrected chi connectivity index (χ4v) is 6.60. The predicted octanol–water partition coefficient (Wildman–Crippen LogP) is 7.71. The van der Waals surface area contributed by atoms with Gasteiger partial charge in [-0.1, -0.05) is 72.9 Å². The van der Waals surface area contributed by atoms with Gasteiger partial charge in [0.25, 0.3) is 5.91 Å². The first-order chi connectivity index (χ1) is 21.2. The molecule has 2 heterocycles. The monoisotopic (exact) mass is 642 g/mol. The number of ether oxygens (including phenoxy) is 2. The molecule has 3 aromatic rings. The third kappa shape index (κ3) is 7.91. The van der Waals surface area contributed by atoms with Gasteiger partial charge in [-0.15, -0.1) is 0 Å². The standard InChI is InChI=1S/C34H37Cl2FN2O5/c1-2-3-28(21-38-18-16-29(17-19-38)43-34(41)42)39-31(23-6-10-25(35)11-7-23)32(24-8-12-26(36)13-9-24)44-30(33(39)40)20-22-4-14-27(37)15-5-22/h4-15,28-32H,2-3,16-21H2,1H3,(H,41,42)/t28-,30+,31-,32+/m0/s1. The molecule has 5 rings (SSSR count). The highest BCUT2D eigenvalue weighted by Crippen LogP contribution is 2.44. The number of carboxylic acid groups (broad SMARTS) is 1.